The minimum absolute atomic E-state index is 0. The molecule has 1 unspecified atom stereocenters. The number of hydrogen-bond donors (Lipinski definition) is 2. The summed E-state index contributed by atoms with van der Waals surface area (Å²) >= 11 is 0. The van der Waals surface area contributed by atoms with Crippen molar-refractivity contribution in [3.63, 3.8) is 0 Å². The zero-order valence-electron chi connectivity index (χ0n) is 15.6. The lowest BCUT2D eigenvalue weighted by Gasteiger charge is -2.21. The van der Waals surface area contributed by atoms with Gasteiger partial charge in [0.2, 0.25) is 0 Å². The van der Waals surface area contributed by atoms with Gasteiger partial charge in [-0.05, 0) is 69.8 Å². The maximum Gasteiger partial charge on any atom is 0.191 e. The molecule has 0 radical (unpaired) electrons. The topological polar surface area (TPSA) is 54.2 Å². The Labute approximate surface area is 163 Å². The Morgan fingerprint density at radius 3 is 2.50 bits per heavy atom. The molecular formula is C18H32IN5. The molecule has 1 aromatic heterocycles. The molecule has 2 fully saturated rings. The van der Waals surface area contributed by atoms with Crippen LogP contribution in [-0.4, -0.2) is 35.4 Å². The quantitative estimate of drug-likeness (QED) is 0.402. The van der Waals surface area contributed by atoms with Crippen LogP contribution in [0.3, 0.4) is 0 Å². The molecule has 1 atom stereocenters. The molecule has 24 heavy (non-hydrogen) atoms. The van der Waals surface area contributed by atoms with E-state index in [-0.39, 0.29) is 24.0 Å². The lowest BCUT2D eigenvalue weighted by Crippen LogP contribution is -2.45. The molecule has 2 N–H and O–H groups in total. The first kappa shape index (κ1) is 19.5. The molecular weight excluding hydrogens is 413 g/mol. The van der Waals surface area contributed by atoms with Crippen molar-refractivity contribution < 1.29 is 0 Å². The van der Waals surface area contributed by atoms with Crippen molar-refractivity contribution in [1.29, 1.82) is 0 Å². The predicted molar refractivity (Wildman–Crippen MR) is 110 cm³/mol. The van der Waals surface area contributed by atoms with Gasteiger partial charge in [-0.3, -0.25) is 9.67 Å². The molecule has 1 aromatic rings. The van der Waals surface area contributed by atoms with Crippen LogP contribution < -0.4 is 10.6 Å². The number of guanidine groups is 1. The van der Waals surface area contributed by atoms with Crippen molar-refractivity contribution in [3.05, 3.63) is 17.0 Å². The summed E-state index contributed by atoms with van der Waals surface area (Å²) in [6.07, 6.45) is 6.63. The smallest absolute Gasteiger partial charge is 0.191 e. The molecule has 2 saturated carbocycles. The third kappa shape index (κ3) is 4.24. The van der Waals surface area contributed by atoms with Gasteiger partial charge in [0.1, 0.15) is 0 Å². The number of aromatic nitrogens is 2. The number of hydrogen-bond acceptors (Lipinski definition) is 2. The molecule has 136 valence electrons. The second-order valence-corrected chi connectivity index (χ2v) is 7.58. The second-order valence-electron chi connectivity index (χ2n) is 7.58. The average Bonchev–Trinajstić information content (AvgIpc) is 3.39. The maximum atomic E-state index is 4.51. The number of rotatable bonds is 6. The van der Waals surface area contributed by atoms with Gasteiger partial charge in [-0.2, -0.15) is 5.10 Å². The molecule has 0 amide bonds. The van der Waals surface area contributed by atoms with Crippen LogP contribution >= 0.6 is 24.0 Å². The van der Waals surface area contributed by atoms with Gasteiger partial charge in [0.25, 0.3) is 0 Å². The van der Waals surface area contributed by atoms with Crippen LogP contribution in [-0.2, 0) is 13.5 Å². The van der Waals surface area contributed by atoms with Gasteiger partial charge in [-0.1, -0.05) is 0 Å². The van der Waals surface area contributed by atoms with Gasteiger partial charge >= 0.3 is 0 Å². The molecule has 2 aliphatic carbocycles. The van der Waals surface area contributed by atoms with Crippen LogP contribution in [0.1, 0.15) is 49.6 Å². The third-order valence-electron chi connectivity index (χ3n) is 5.72. The predicted octanol–water partition coefficient (Wildman–Crippen LogP) is 2.94. The summed E-state index contributed by atoms with van der Waals surface area (Å²) in [7, 11) is 3.87. The zero-order valence-corrected chi connectivity index (χ0v) is 18.0. The highest BCUT2D eigenvalue weighted by Crippen LogP contribution is 2.60. The van der Waals surface area contributed by atoms with Gasteiger partial charge in [-0.15, -0.1) is 24.0 Å². The molecule has 1 heterocycles. The molecule has 0 aromatic carbocycles. The van der Waals surface area contributed by atoms with Crippen LogP contribution in [0.5, 0.6) is 0 Å². The van der Waals surface area contributed by atoms with Crippen LogP contribution in [0.15, 0.2) is 4.99 Å². The van der Waals surface area contributed by atoms with E-state index in [0.29, 0.717) is 11.5 Å². The van der Waals surface area contributed by atoms with Crippen LogP contribution in [0.2, 0.25) is 0 Å². The summed E-state index contributed by atoms with van der Waals surface area (Å²) in [4.78, 5) is 4.40. The monoisotopic (exact) mass is 445 g/mol. The van der Waals surface area contributed by atoms with Gasteiger partial charge in [0, 0.05) is 32.4 Å². The van der Waals surface area contributed by atoms with E-state index in [1.165, 1.54) is 36.9 Å². The molecule has 5 nitrogen and oxygen atoms in total. The number of aliphatic imine (C=N–C) groups is 1. The summed E-state index contributed by atoms with van der Waals surface area (Å²) in [6, 6.07) is 0.332. The van der Waals surface area contributed by atoms with Crippen molar-refractivity contribution in [3.8, 4) is 0 Å². The average molecular weight is 445 g/mol. The normalized spacial score (nSPS) is 20.3. The lowest BCUT2D eigenvalue weighted by atomic mass is 10.0. The Bertz CT molecular complexity index is 599. The SMILES string of the molecule is CN=C(NCC1(C2CC2)CC1)NC(C)Cc1c(C)nn(C)c1C.I. The largest absolute Gasteiger partial charge is 0.356 e. The maximum absolute atomic E-state index is 4.51. The van der Waals surface area contributed by atoms with E-state index in [1.54, 1.807) is 0 Å². The minimum Gasteiger partial charge on any atom is -0.356 e. The highest BCUT2D eigenvalue weighted by atomic mass is 127. The van der Waals surface area contributed by atoms with Crippen molar-refractivity contribution in [2.45, 2.75) is 58.9 Å². The first-order chi connectivity index (χ1) is 10.9. The van der Waals surface area contributed by atoms with Crippen molar-refractivity contribution >= 4 is 29.9 Å². The highest BCUT2D eigenvalue weighted by Gasteiger charge is 2.53. The van der Waals surface area contributed by atoms with E-state index in [1.807, 2.05) is 18.8 Å². The van der Waals surface area contributed by atoms with Gasteiger partial charge in [0.05, 0.1) is 5.69 Å². The summed E-state index contributed by atoms with van der Waals surface area (Å²) < 4.78 is 1.97. The molecule has 0 spiro atoms. The number of nitrogens with one attached hydrogen (secondary N) is 2. The fourth-order valence-electron chi connectivity index (χ4n) is 3.74. The van der Waals surface area contributed by atoms with E-state index < -0.39 is 0 Å². The Morgan fingerprint density at radius 2 is 2.04 bits per heavy atom. The lowest BCUT2D eigenvalue weighted by molar-refractivity contribution is 0.430. The van der Waals surface area contributed by atoms with E-state index in [9.17, 15) is 0 Å². The Hall–Kier alpha value is -0.790. The van der Waals surface area contributed by atoms with E-state index >= 15 is 0 Å². The van der Waals surface area contributed by atoms with E-state index in [4.69, 9.17) is 0 Å². The summed E-state index contributed by atoms with van der Waals surface area (Å²) in [6.45, 7) is 7.53. The van der Waals surface area contributed by atoms with Gasteiger partial charge < -0.3 is 10.6 Å². The van der Waals surface area contributed by atoms with Gasteiger partial charge in [-0.25, -0.2) is 0 Å². The Kier molecular flexibility index (Phi) is 6.20. The van der Waals surface area contributed by atoms with Crippen LogP contribution in [0, 0.1) is 25.2 Å². The summed E-state index contributed by atoms with van der Waals surface area (Å²) in [5, 5.41) is 11.6. The molecule has 0 bridgehead atoms. The Morgan fingerprint density at radius 1 is 1.38 bits per heavy atom. The van der Waals surface area contributed by atoms with Crippen molar-refractivity contribution in [1.82, 2.24) is 20.4 Å². The highest BCUT2D eigenvalue weighted by molar-refractivity contribution is 14.0. The number of halogens is 1. The number of aryl methyl sites for hydroxylation is 2. The fourth-order valence-corrected chi connectivity index (χ4v) is 3.74. The minimum atomic E-state index is 0. The standard InChI is InChI=1S/C18H31N5.HI/c1-12(10-16-13(2)22-23(5)14(16)3)21-17(19-4)20-11-18(8-9-18)15-6-7-15;/h12,15H,6-11H2,1-5H3,(H2,19,20,21);1H. The first-order valence-corrected chi connectivity index (χ1v) is 8.91. The van der Waals surface area contributed by atoms with Gasteiger partial charge in [0.15, 0.2) is 5.96 Å². The molecule has 2 aliphatic rings. The van der Waals surface area contributed by atoms with Crippen LogP contribution in [0.25, 0.3) is 0 Å². The molecule has 0 saturated heterocycles. The molecule has 3 rings (SSSR count). The third-order valence-corrected chi connectivity index (χ3v) is 5.72. The fraction of sp³-hybridized carbons (Fsp3) is 0.778. The number of nitrogens with zero attached hydrogens (tertiary/aromatic N) is 3. The Balaban J connectivity index is 0.00000208. The second kappa shape index (κ2) is 7.62. The summed E-state index contributed by atoms with van der Waals surface area (Å²) in [5.41, 5.74) is 4.33. The van der Waals surface area contributed by atoms with Crippen molar-refractivity contribution in [2.24, 2.45) is 23.4 Å². The first-order valence-electron chi connectivity index (χ1n) is 8.91. The molecule has 6 heteroatoms. The van der Waals surface area contributed by atoms with E-state index in [2.05, 4.69) is 41.5 Å². The van der Waals surface area contributed by atoms with E-state index in [0.717, 1.165) is 30.5 Å². The van der Waals surface area contributed by atoms with Crippen molar-refractivity contribution in [2.75, 3.05) is 13.6 Å². The zero-order chi connectivity index (χ0) is 16.6. The van der Waals surface area contributed by atoms with Crippen LogP contribution in [0.4, 0.5) is 0 Å². The molecule has 0 aliphatic heterocycles. The summed E-state index contributed by atoms with van der Waals surface area (Å²) in [5.74, 6) is 1.91.